The topological polar surface area (TPSA) is 50.1 Å². The Bertz CT molecular complexity index is 629. The van der Waals surface area contributed by atoms with Gasteiger partial charge in [0.05, 0.1) is 19.1 Å². The molecule has 114 valence electrons. The van der Waals surface area contributed by atoms with Crippen LogP contribution in [0, 0.1) is 0 Å². The first kappa shape index (κ1) is 14.1. The van der Waals surface area contributed by atoms with Gasteiger partial charge in [0.15, 0.2) is 5.65 Å². The second kappa shape index (κ2) is 5.14. The Morgan fingerprint density at radius 2 is 1.86 bits per heavy atom. The van der Waals surface area contributed by atoms with E-state index < -0.39 is 12.7 Å². The fourth-order valence-corrected chi connectivity index (χ4v) is 2.42. The van der Waals surface area contributed by atoms with Crippen LogP contribution >= 0.6 is 0 Å². The first-order valence-corrected chi connectivity index (χ1v) is 6.60. The van der Waals surface area contributed by atoms with E-state index in [1.54, 1.807) is 12.5 Å². The van der Waals surface area contributed by atoms with Crippen LogP contribution in [0.2, 0.25) is 0 Å². The molecule has 2 aromatic rings. The van der Waals surface area contributed by atoms with E-state index in [4.69, 9.17) is 0 Å². The molecule has 1 aliphatic rings. The highest BCUT2D eigenvalue weighted by Crippen LogP contribution is 2.19. The second-order valence-corrected chi connectivity index (χ2v) is 5.11. The van der Waals surface area contributed by atoms with Crippen molar-refractivity contribution in [2.24, 2.45) is 7.05 Å². The molecule has 1 fully saturated rings. The van der Waals surface area contributed by atoms with Crippen molar-refractivity contribution < 1.29 is 13.2 Å². The summed E-state index contributed by atoms with van der Waals surface area (Å²) in [6, 6.07) is 0. The number of anilines is 1. The van der Waals surface area contributed by atoms with Crippen molar-refractivity contribution in [3.63, 3.8) is 0 Å². The Kier molecular flexibility index (Phi) is 3.44. The van der Waals surface area contributed by atoms with Crippen LogP contribution < -0.4 is 4.90 Å². The lowest BCUT2D eigenvalue weighted by Gasteiger charge is -2.34. The van der Waals surface area contributed by atoms with Crippen molar-refractivity contribution >= 4 is 17.1 Å². The van der Waals surface area contributed by atoms with Gasteiger partial charge in [-0.15, -0.1) is 0 Å². The maximum atomic E-state index is 12.3. The number of nitrogens with zero attached hydrogens (tertiary/aromatic N) is 6. The number of imidazole rings is 1. The summed E-state index contributed by atoms with van der Waals surface area (Å²) in [6.45, 7) is 0.802. The van der Waals surface area contributed by atoms with E-state index in [1.165, 1.54) is 4.90 Å². The van der Waals surface area contributed by atoms with Crippen LogP contribution in [0.4, 0.5) is 19.1 Å². The van der Waals surface area contributed by atoms with Gasteiger partial charge < -0.3 is 9.47 Å². The van der Waals surface area contributed by atoms with Crippen molar-refractivity contribution in [2.75, 3.05) is 37.6 Å². The number of piperazine rings is 1. The van der Waals surface area contributed by atoms with Crippen LogP contribution in [0.25, 0.3) is 11.2 Å². The molecule has 0 bridgehead atoms. The third-order valence-electron chi connectivity index (χ3n) is 3.53. The summed E-state index contributed by atoms with van der Waals surface area (Å²) in [7, 11) is 1.86. The minimum atomic E-state index is -4.15. The number of rotatable bonds is 2. The number of aryl methyl sites for hydroxylation is 1. The fraction of sp³-hybridized carbons (Fsp3) is 0.583. The molecule has 0 aromatic carbocycles. The third-order valence-corrected chi connectivity index (χ3v) is 3.53. The third kappa shape index (κ3) is 3.07. The monoisotopic (exact) mass is 300 g/mol. The van der Waals surface area contributed by atoms with E-state index in [-0.39, 0.29) is 0 Å². The maximum Gasteiger partial charge on any atom is 0.401 e. The average Bonchev–Trinajstić information content (AvgIpc) is 2.79. The lowest BCUT2D eigenvalue weighted by atomic mass is 10.3. The minimum absolute atomic E-state index is 0.350. The number of aromatic nitrogens is 4. The molecule has 0 aliphatic carbocycles. The van der Waals surface area contributed by atoms with Crippen LogP contribution in [0.15, 0.2) is 12.5 Å². The Morgan fingerprint density at radius 3 is 2.52 bits per heavy atom. The van der Waals surface area contributed by atoms with Crippen LogP contribution in [-0.2, 0) is 7.05 Å². The molecule has 0 spiro atoms. The lowest BCUT2D eigenvalue weighted by molar-refractivity contribution is -0.146. The van der Waals surface area contributed by atoms with Gasteiger partial charge in [0.2, 0.25) is 5.95 Å². The second-order valence-electron chi connectivity index (χ2n) is 5.11. The van der Waals surface area contributed by atoms with Gasteiger partial charge in [0, 0.05) is 33.2 Å². The van der Waals surface area contributed by atoms with Crippen molar-refractivity contribution in [2.45, 2.75) is 6.18 Å². The Morgan fingerprint density at radius 1 is 1.14 bits per heavy atom. The summed E-state index contributed by atoms with van der Waals surface area (Å²) in [4.78, 5) is 16.1. The molecule has 0 amide bonds. The Hall–Kier alpha value is -1.90. The minimum Gasteiger partial charge on any atom is -0.338 e. The zero-order chi connectivity index (χ0) is 15.0. The van der Waals surface area contributed by atoms with Gasteiger partial charge in [-0.1, -0.05) is 0 Å². The molecule has 1 saturated heterocycles. The van der Waals surface area contributed by atoms with Crippen LogP contribution in [0.3, 0.4) is 0 Å². The van der Waals surface area contributed by atoms with E-state index in [0.29, 0.717) is 37.8 Å². The number of fused-ring (bicyclic) bond motifs is 1. The normalized spacial score (nSPS) is 17.6. The highest BCUT2D eigenvalue weighted by Gasteiger charge is 2.32. The predicted octanol–water partition coefficient (Wildman–Crippen LogP) is 1.05. The van der Waals surface area contributed by atoms with E-state index in [9.17, 15) is 13.2 Å². The highest BCUT2D eigenvalue weighted by atomic mass is 19.4. The molecular formula is C12H15F3N6. The molecule has 0 unspecified atom stereocenters. The molecule has 0 saturated carbocycles. The standard InChI is InChI=1S/C12H15F3N6/c1-19-8-17-10-9(19)6-16-11(18-10)21-4-2-20(3-5-21)7-12(13,14)15/h6,8H,2-5,7H2,1H3. The van der Waals surface area contributed by atoms with Gasteiger partial charge in [0.25, 0.3) is 0 Å². The molecule has 1 aliphatic heterocycles. The SMILES string of the molecule is Cn1cnc2nc(N3CCN(CC(F)(F)F)CC3)ncc21. The largest absolute Gasteiger partial charge is 0.401 e. The van der Waals surface area contributed by atoms with E-state index in [1.807, 2.05) is 16.5 Å². The summed E-state index contributed by atoms with van der Waals surface area (Å²) in [5, 5.41) is 0. The van der Waals surface area contributed by atoms with Gasteiger partial charge in [-0.3, -0.25) is 4.90 Å². The van der Waals surface area contributed by atoms with Crippen molar-refractivity contribution in [1.82, 2.24) is 24.4 Å². The zero-order valence-electron chi connectivity index (χ0n) is 11.5. The molecule has 0 atom stereocenters. The first-order valence-electron chi connectivity index (χ1n) is 6.60. The molecule has 6 nitrogen and oxygen atoms in total. The van der Waals surface area contributed by atoms with Crippen LogP contribution in [-0.4, -0.2) is 63.3 Å². The quantitative estimate of drug-likeness (QED) is 0.830. The van der Waals surface area contributed by atoms with Gasteiger partial charge in [-0.05, 0) is 0 Å². The smallest absolute Gasteiger partial charge is 0.338 e. The number of hydrogen-bond acceptors (Lipinski definition) is 5. The van der Waals surface area contributed by atoms with Crippen molar-refractivity contribution in [1.29, 1.82) is 0 Å². The van der Waals surface area contributed by atoms with E-state index in [2.05, 4.69) is 15.0 Å². The lowest BCUT2D eigenvalue weighted by Crippen LogP contribution is -2.49. The summed E-state index contributed by atoms with van der Waals surface area (Å²) >= 11 is 0. The fourth-order valence-electron chi connectivity index (χ4n) is 2.42. The number of alkyl halides is 3. The van der Waals surface area contributed by atoms with Crippen LogP contribution in [0.5, 0.6) is 0 Å². The molecule has 21 heavy (non-hydrogen) atoms. The number of hydrogen-bond donors (Lipinski definition) is 0. The molecule has 9 heteroatoms. The van der Waals surface area contributed by atoms with Gasteiger partial charge >= 0.3 is 6.18 Å². The number of halogens is 3. The molecule has 2 aromatic heterocycles. The highest BCUT2D eigenvalue weighted by molar-refractivity contribution is 5.70. The van der Waals surface area contributed by atoms with Gasteiger partial charge in [0.1, 0.15) is 5.52 Å². The molecule has 3 heterocycles. The van der Waals surface area contributed by atoms with Gasteiger partial charge in [-0.25, -0.2) is 9.97 Å². The first-order chi connectivity index (χ1) is 9.92. The average molecular weight is 300 g/mol. The predicted molar refractivity (Wildman–Crippen MR) is 71.0 cm³/mol. The summed E-state index contributed by atoms with van der Waals surface area (Å²) in [6.07, 6.45) is -0.803. The zero-order valence-corrected chi connectivity index (χ0v) is 11.5. The van der Waals surface area contributed by atoms with Crippen LogP contribution in [0.1, 0.15) is 0 Å². The molecule has 0 radical (unpaired) electrons. The van der Waals surface area contributed by atoms with E-state index in [0.717, 1.165) is 5.52 Å². The van der Waals surface area contributed by atoms with Crippen molar-refractivity contribution in [3.05, 3.63) is 12.5 Å². The molecule has 0 N–H and O–H groups in total. The molecule has 3 rings (SSSR count). The Balaban J connectivity index is 1.68. The summed E-state index contributed by atoms with van der Waals surface area (Å²) < 4.78 is 38.9. The van der Waals surface area contributed by atoms with E-state index >= 15 is 0 Å². The Labute approximate surface area is 119 Å². The van der Waals surface area contributed by atoms with Crippen molar-refractivity contribution in [3.8, 4) is 0 Å². The van der Waals surface area contributed by atoms with Gasteiger partial charge in [-0.2, -0.15) is 18.2 Å². The maximum absolute atomic E-state index is 12.3. The summed E-state index contributed by atoms with van der Waals surface area (Å²) in [5.41, 5.74) is 1.43. The summed E-state index contributed by atoms with van der Waals surface area (Å²) in [5.74, 6) is 0.521. The molecular weight excluding hydrogens is 285 g/mol.